The number of nitrogens with zero attached hydrogens (tertiary/aromatic N) is 2. The van der Waals surface area contributed by atoms with Gasteiger partial charge in [-0.3, -0.25) is 0 Å². The van der Waals surface area contributed by atoms with Crippen LogP contribution < -0.4 is 10.6 Å². The molecule has 2 aliphatic carbocycles. The van der Waals surface area contributed by atoms with Crippen molar-refractivity contribution in [1.82, 2.24) is 9.97 Å². The number of nitrogens with one attached hydrogen (secondary N) is 2. The standard InChI is InChI=1S/C22H26N4O2S/c27-12-13-8-15(9-19(13)28)24-18-10-21(25-14-4-3-5-14)23-11-16(18)22-26-17-6-1-2-7-20(17)29-22/h1-2,6-7,10-11,13-15,19,27-28H,3-5,8-9,12H2,(H2,23,24,25). The second kappa shape index (κ2) is 7.89. The van der Waals surface area contributed by atoms with Gasteiger partial charge in [0.25, 0.3) is 0 Å². The highest BCUT2D eigenvalue weighted by Crippen LogP contribution is 2.37. The zero-order valence-corrected chi connectivity index (χ0v) is 17.0. The van der Waals surface area contributed by atoms with Gasteiger partial charge in [0, 0.05) is 42.6 Å². The molecule has 3 aromatic rings. The van der Waals surface area contributed by atoms with Crippen molar-refractivity contribution in [3.05, 3.63) is 36.5 Å². The molecule has 2 fully saturated rings. The third kappa shape index (κ3) is 3.82. The fourth-order valence-electron chi connectivity index (χ4n) is 4.21. The van der Waals surface area contributed by atoms with Crippen molar-refractivity contribution in [3.63, 3.8) is 0 Å². The lowest BCUT2D eigenvalue weighted by atomic mass is 9.93. The maximum atomic E-state index is 10.2. The van der Waals surface area contributed by atoms with Crippen molar-refractivity contribution >= 4 is 33.1 Å². The Kier molecular flexibility index (Phi) is 5.11. The minimum atomic E-state index is -0.460. The van der Waals surface area contributed by atoms with Crippen LogP contribution in [0, 0.1) is 5.92 Å². The van der Waals surface area contributed by atoms with Crippen molar-refractivity contribution in [1.29, 1.82) is 0 Å². The van der Waals surface area contributed by atoms with Gasteiger partial charge in [-0.05, 0) is 44.2 Å². The van der Waals surface area contributed by atoms with Crippen LogP contribution in [0.25, 0.3) is 20.8 Å². The second-order valence-electron chi connectivity index (χ2n) is 8.20. The first-order valence-electron chi connectivity index (χ1n) is 10.4. The van der Waals surface area contributed by atoms with E-state index in [0.717, 1.165) is 38.7 Å². The van der Waals surface area contributed by atoms with Crippen LogP contribution in [0.4, 0.5) is 11.5 Å². The normalized spacial score (nSPS) is 24.6. The van der Waals surface area contributed by atoms with Gasteiger partial charge >= 0.3 is 0 Å². The van der Waals surface area contributed by atoms with E-state index in [9.17, 15) is 10.2 Å². The second-order valence-corrected chi connectivity index (χ2v) is 9.23. The molecule has 7 heteroatoms. The Balaban J connectivity index is 1.47. The van der Waals surface area contributed by atoms with Crippen LogP contribution >= 0.6 is 11.3 Å². The van der Waals surface area contributed by atoms with E-state index >= 15 is 0 Å². The van der Waals surface area contributed by atoms with E-state index in [1.807, 2.05) is 24.4 Å². The first-order chi connectivity index (χ1) is 14.2. The zero-order chi connectivity index (χ0) is 19.8. The molecule has 1 aromatic carbocycles. The van der Waals surface area contributed by atoms with Gasteiger partial charge in [-0.15, -0.1) is 11.3 Å². The number of thiazole rings is 1. The summed E-state index contributed by atoms with van der Waals surface area (Å²) in [4.78, 5) is 9.47. The Labute approximate surface area is 174 Å². The highest BCUT2D eigenvalue weighted by Gasteiger charge is 2.33. The largest absolute Gasteiger partial charge is 0.396 e. The topological polar surface area (TPSA) is 90.3 Å². The van der Waals surface area contributed by atoms with Crippen LogP contribution in [0.2, 0.25) is 0 Å². The van der Waals surface area contributed by atoms with Gasteiger partial charge in [0.1, 0.15) is 10.8 Å². The lowest BCUT2D eigenvalue weighted by molar-refractivity contribution is 0.0908. The quantitative estimate of drug-likeness (QED) is 0.493. The van der Waals surface area contributed by atoms with Gasteiger partial charge in [-0.1, -0.05) is 12.1 Å². The Morgan fingerprint density at radius 1 is 1.10 bits per heavy atom. The van der Waals surface area contributed by atoms with E-state index in [2.05, 4.69) is 27.8 Å². The number of pyridine rings is 1. The smallest absolute Gasteiger partial charge is 0.128 e. The van der Waals surface area contributed by atoms with Crippen molar-refractivity contribution in [2.45, 2.75) is 50.3 Å². The summed E-state index contributed by atoms with van der Waals surface area (Å²) in [6, 6.07) is 10.8. The molecule has 2 aromatic heterocycles. The maximum Gasteiger partial charge on any atom is 0.128 e. The Hall–Kier alpha value is -2.22. The Bertz CT molecular complexity index is 970. The number of rotatable bonds is 6. The summed E-state index contributed by atoms with van der Waals surface area (Å²) in [5.41, 5.74) is 2.95. The molecule has 0 radical (unpaired) electrons. The lowest BCUT2D eigenvalue weighted by Crippen LogP contribution is -2.27. The van der Waals surface area contributed by atoms with Crippen LogP contribution in [0.5, 0.6) is 0 Å². The molecule has 0 aliphatic heterocycles. The maximum absolute atomic E-state index is 10.2. The molecule has 2 aliphatic rings. The molecule has 6 nitrogen and oxygen atoms in total. The van der Waals surface area contributed by atoms with E-state index in [0.29, 0.717) is 12.5 Å². The minimum absolute atomic E-state index is 0.0227. The molecule has 29 heavy (non-hydrogen) atoms. The van der Waals surface area contributed by atoms with Gasteiger partial charge in [0.15, 0.2) is 0 Å². The molecule has 0 amide bonds. The highest BCUT2D eigenvalue weighted by atomic mass is 32.1. The predicted octanol–water partition coefficient (Wildman–Crippen LogP) is 3.87. The number of fused-ring (bicyclic) bond motifs is 1. The molecule has 4 N–H and O–H groups in total. The molecular formula is C22H26N4O2S. The van der Waals surface area contributed by atoms with Gasteiger partial charge < -0.3 is 20.8 Å². The van der Waals surface area contributed by atoms with E-state index in [1.165, 1.54) is 19.3 Å². The number of hydrogen-bond donors (Lipinski definition) is 4. The predicted molar refractivity (Wildman–Crippen MR) is 117 cm³/mol. The first kappa shape index (κ1) is 18.8. The summed E-state index contributed by atoms with van der Waals surface area (Å²) < 4.78 is 1.15. The SMILES string of the molecule is OCC1CC(Nc2cc(NC3CCC3)ncc2-c2nc3ccccc3s2)CC1O. The van der Waals surface area contributed by atoms with Crippen LogP contribution in [0.15, 0.2) is 36.5 Å². The molecule has 2 saturated carbocycles. The number of aromatic nitrogens is 2. The van der Waals surface area contributed by atoms with E-state index in [-0.39, 0.29) is 18.6 Å². The molecular weight excluding hydrogens is 384 g/mol. The minimum Gasteiger partial charge on any atom is -0.396 e. The summed E-state index contributed by atoms with van der Waals surface area (Å²) >= 11 is 1.66. The molecule has 3 unspecified atom stereocenters. The van der Waals surface area contributed by atoms with Crippen molar-refractivity contribution < 1.29 is 10.2 Å². The third-order valence-electron chi connectivity index (χ3n) is 6.14. The Morgan fingerprint density at radius 3 is 2.69 bits per heavy atom. The van der Waals surface area contributed by atoms with E-state index in [4.69, 9.17) is 4.98 Å². The van der Waals surface area contributed by atoms with Crippen LogP contribution in [0.3, 0.4) is 0 Å². The molecule has 152 valence electrons. The van der Waals surface area contributed by atoms with Gasteiger partial charge in [0.05, 0.1) is 21.9 Å². The zero-order valence-electron chi connectivity index (χ0n) is 16.2. The summed E-state index contributed by atoms with van der Waals surface area (Å²) in [6.45, 7) is 0.0227. The number of aliphatic hydroxyl groups excluding tert-OH is 2. The lowest BCUT2D eigenvalue weighted by Gasteiger charge is -2.27. The number of para-hydroxylation sites is 1. The average molecular weight is 411 g/mol. The van der Waals surface area contributed by atoms with E-state index < -0.39 is 6.10 Å². The molecule has 0 bridgehead atoms. The van der Waals surface area contributed by atoms with E-state index in [1.54, 1.807) is 11.3 Å². The van der Waals surface area contributed by atoms with Gasteiger partial charge in [-0.2, -0.15) is 0 Å². The van der Waals surface area contributed by atoms with Crippen LogP contribution in [-0.2, 0) is 0 Å². The first-order valence-corrected chi connectivity index (χ1v) is 11.2. The highest BCUT2D eigenvalue weighted by molar-refractivity contribution is 7.21. The van der Waals surface area contributed by atoms with Crippen molar-refractivity contribution in [2.24, 2.45) is 5.92 Å². The van der Waals surface area contributed by atoms with Gasteiger partial charge in [0.2, 0.25) is 0 Å². The molecule has 2 heterocycles. The number of benzene rings is 1. The molecule has 5 rings (SSSR count). The summed E-state index contributed by atoms with van der Waals surface area (Å²) in [7, 11) is 0. The number of anilines is 2. The van der Waals surface area contributed by atoms with Crippen LogP contribution in [-0.4, -0.2) is 45.0 Å². The molecule has 0 spiro atoms. The summed E-state index contributed by atoms with van der Waals surface area (Å²) in [6.07, 6.45) is 6.49. The molecule has 0 saturated heterocycles. The fraction of sp³-hybridized carbons (Fsp3) is 0.455. The molecule has 3 atom stereocenters. The van der Waals surface area contributed by atoms with Gasteiger partial charge in [-0.25, -0.2) is 9.97 Å². The summed E-state index contributed by atoms with van der Waals surface area (Å²) in [5.74, 6) is 0.812. The fourth-order valence-corrected chi connectivity index (χ4v) is 5.20. The van der Waals surface area contributed by atoms with Crippen molar-refractivity contribution in [2.75, 3.05) is 17.2 Å². The monoisotopic (exact) mass is 410 g/mol. The van der Waals surface area contributed by atoms with Crippen LogP contribution in [0.1, 0.15) is 32.1 Å². The van der Waals surface area contributed by atoms with Crippen molar-refractivity contribution in [3.8, 4) is 10.6 Å². The number of aliphatic hydroxyl groups is 2. The average Bonchev–Trinajstić information content (AvgIpc) is 3.27. The summed E-state index contributed by atoms with van der Waals surface area (Å²) in [5, 5.41) is 27.8. The Morgan fingerprint density at radius 2 is 1.97 bits per heavy atom. The third-order valence-corrected chi connectivity index (χ3v) is 7.21. The number of hydrogen-bond acceptors (Lipinski definition) is 7.